The molecule has 0 saturated heterocycles. The lowest BCUT2D eigenvalue weighted by molar-refractivity contribution is -0.384. The van der Waals surface area contributed by atoms with Crippen LogP contribution in [-0.2, 0) is 0 Å². The van der Waals surface area contributed by atoms with E-state index < -0.39 is 4.92 Å². The van der Waals surface area contributed by atoms with Gasteiger partial charge in [0, 0.05) is 22.2 Å². The number of nitrogens with zero attached hydrogens (tertiary/aromatic N) is 3. The van der Waals surface area contributed by atoms with Crippen LogP contribution in [0, 0.1) is 21.4 Å². The Hall–Kier alpha value is -3.34. The molecule has 0 unspecified atom stereocenters. The summed E-state index contributed by atoms with van der Waals surface area (Å²) in [5, 5.41) is 31.4. The molecule has 0 aliphatic heterocycles. The maximum atomic E-state index is 11.4. The number of aromatic nitrogens is 1. The molecule has 0 amide bonds. The number of anilines is 1. The molecule has 3 rings (SSSR count). The minimum atomic E-state index is -0.555. The smallest absolute Gasteiger partial charge is 0.277 e. The third-order valence-corrected chi connectivity index (χ3v) is 4.36. The number of nitro groups is 1. The number of rotatable bonds is 3. The van der Waals surface area contributed by atoms with Gasteiger partial charge in [-0.2, -0.15) is 5.26 Å². The normalized spacial score (nSPS) is 10.4. The van der Waals surface area contributed by atoms with Gasteiger partial charge in [-0.3, -0.25) is 10.1 Å². The molecule has 0 aliphatic carbocycles. The molecule has 2 aromatic carbocycles. The number of nitro benzene ring substituents is 1. The van der Waals surface area contributed by atoms with Crippen molar-refractivity contribution in [3.05, 3.63) is 68.2 Å². The summed E-state index contributed by atoms with van der Waals surface area (Å²) in [4.78, 5) is 14.9. The van der Waals surface area contributed by atoms with Crippen LogP contribution in [-0.4, -0.2) is 15.0 Å². The lowest BCUT2D eigenvalue weighted by Gasteiger charge is -2.12. The predicted octanol–water partition coefficient (Wildman–Crippen LogP) is 4.79. The van der Waals surface area contributed by atoms with Crippen LogP contribution in [0.2, 0.25) is 10.0 Å². The number of nitrogen functional groups attached to an aromatic ring is 1. The Morgan fingerprint density at radius 2 is 1.85 bits per heavy atom. The van der Waals surface area contributed by atoms with Gasteiger partial charge in [0.1, 0.15) is 23.2 Å². The topological polar surface area (TPSA) is 126 Å². The summed E-state index contributed by atoms with van der Waals surface area (Å²) < 4.78 is 0. The first-order valence-corrected chi connectivity index (χ1v) is 8.22. The largest absolute Gasteiger partial charge is 0.506 e. The summed E-state index contributed by atoms with van der Waals surface area (Å²) in [6, 6.07) is 12.1. The highest BCUT2D eigenvalue weighted by atomic mass is 35.5. The van der Waals surface area contributed by atoms with Gasteiger partial charge >= 0.3 is 0 Å². The second-order valence-corrected chi connectivity index (χ2v) is 6.33. The molecule has 0 radical (unpaired) electrons. The van der Waals surface area contributed by atoms with Crippen LogP contribution < -0.4 is 5.73 Å². The molecule has 0 aliphatic rings. The zero-order valence-corrected chi connectivity index (χ0v) is 15.0. The van der Waals surface area contributed by atoms with Crippen LogP contribution in [0.15, 0.2) is 42.5 Å². The minimum Gasteiger partial charge on any atom is -0.506 e. The van der Waals surface area contributed by atoms with Crippen molar-refractivity contribution in [1.29, 1.82) is 5.26 Å². The van der Waals surface area contributed by atoms with Crippen molar-refractivity contribution in [3.8, 4) is 34.2 Å². The van der Waals surface area contributed by atoms with Crippen molar-refractivity contribution < 1.29 is 10.0 Å². The van der Waals surface area contributed by atoms with Crippen molar-refractivity contribution in [2.45, 2.75) is 0 Å². The number of nitriles is 1. The van der Waals surface area contributed by atoms with Crippen LogP contribution >= 0.6 is 23.2 Å². The minimum absolute atomic E-state index is 0.00877. The summed E-state index contributed by atoms with van der Waals surface area (Å²) >= 11 is 12.0. The highest BCUT2D eigenvalue weighted by Crippen LogP contribution is 2.41. The monoisotopic (exact) mass is 400 g/mol. The fraction of sp³-hybridized carbons (Fsp3) is 0. The summed E-state index contributed by atoms with van der Waals surface area (Å²) in [5.74, 6) is -0.412. The van der Waals surface area contributed by atoms with Gasteiger partial charge in [0.05, 0.1) is 21.2 Å². The number of benzene rings is 2. The van der Waals surface area contributed by atoms with Crippen LogP contribution in [0.4, 0.5) is 11.5 Å². The lowest BCUT2D eigenvalue weighted by atomic mass is 9.97. The Kier molecular flexibility index (Phi) is 4.86. The first-order valence-electron chi connectivity index (χ1n) is 7.46. The van der Waals surface area contributed by atoms with Crippen LogP contribution in [0.1, 0.15) is 5.56 Å². The van der Waals surface area contributed by atoms with Gasteiger partial charge in [0.25, 0.3) is 5.69 Å². The molecule has 27 heavy (non-hydrogen) atoms. The second kappa shape index (κ2) is 7.11. The molecule has 1 aromatic heterocycles. The summed E-state index contributed by atoms with van der Waals surface area (Å²) in [7, 11) is 0. The third-order valence-electron chi connectivity index (χ3n) is 3.85. The average molecular weight is 401 g/mol. The fourth-order valence-electron chi connectivity index (χ4n) is 2.65. The van der Waals surface area contributed by atoms with Gasteiger partial charge in [-0.15, -0.1) is 0 Å². The number of hydrogen-bond donors (Lipinski definition) is 2. The highest BCUT2D eigenvalue weighted by Gasteiger charge is 2.22. The molecule has 0 bridgehead atoms. The molecule has 134 valence electrons. The van der Waals surface area contributed by atoms with Gasteiger partial charge < -0.3 is 10.8 Å². The van der Waals surface area contributed by atoms with Gasteiger partial charge in [-0.05, 0) is 24.3 Å². The molecular weight excluding hydrogens is 391 g/mol. The van der Waals surface area contributed by atoms with Crippen molar-refractivity contribution >= 4 is 34.7 Å². The molecule has 0 fully saturated rings. The van der Waals surface area contributed by atoms with Crippen LogP contribution in [0.3, 0.4) is 0 Å². The van der Waals surface area contributed by atoms with E-state index in [2.05, 4.69) is 4.98 Å². The second-order valence-electron chi connectivity index (χ2n) is 5.49. The molecular formula is C18H10Cl2N4O3. The summed E-state index contributed by atoms with van der Waals surface area (Å²) in [5.41, 5.74) is 6.46. The quantitative estimate of drug-likeness (QED) is 0.480. The number of phenols is 1. The van der Waals surface area contributed by atoms with E-state index in [9.17, 15) is 20.5 Å². The number of phenolic OH excluding ortho intramolecular Hbond substituents is 1. The van der Waals surface area contributed by atoms with Crippen molar-refractivity contribution in [2.75, 3.05) is 5.73 Å². The van der Waals surface area contributed by atoms with Gasteiger partial charge in [-0.1, -0.05) is 35.3 Å². The maximum Gasteiger partial charge on any atom is 0.277 e. The third kappa shape index (κ3) is 3.36. The zero-order valence-electron chi connectivity index (χ0n) is 13.5. The summed E-state index contributed by atoms with van der Waals surface area (Å²) in [6.07, 6.45) is 0. The maximum absolute atomic E-state index is 11.4. The molecule has 7 nitrogen and oxygen atoms in total. The van der Waals surface area contributed by atoms with E-state index >= 15 is 0 Å². The fourth-order valence-corrected chi connectivity index (χ4v) is 3.15. The van der Waals surface area contributed by atoms with E-state index in [0.717, 1.165) is 0 Å². The van der Waals surface area contributed by atoms with E-state index in [1.54, 1.807) is 6.07 Å². The molecule has 3 N–H and O–H groups in total. The zero-order chi connectivity index (χ0) is 19.7. The van der Waals surface area contributed by atoms with Crippen LogP contribution in [0.5, 0.6) is 5.75 Å². The van der Waals surface area contributed by atoms with Crippen LogP contribution in [0.25, 0.3) is 22.4 Å². The Morgan fingerprint density at radius 1 is 1.15 bits per heavy atom. The van der Waals surface area contributed by atoms with E-state index in [1.165, 1.54) is 36.4 Å². The first kappa shape index (κ1) is 18.5. The number of pyridine rings is 1. The number of aromatic hydroxyl groups is 1. The van der Waals surface area contributed by atoms with Crippen molar-refractivity contribution in [3.63, 3.8) is 0 Å². The average Bonchev–Trinajstić information content (AvgIpc) is 2.64. The Labute approximate surface area is 163 Å². The number of halogens is 2. The SMILES string of the molecule is N#Cc1c(-c2ccccc2[N+](=O)[O-])cc(-c2cc(Cl)cc(Cl)c2O)nc1N. The van der Waals surface area contributed by atoms with Gasteiger partial charge in [-0.25, -0.2) is 4.98 Å². The number of nitrogens with two attached hydrogens (primary N) is 1. The Bertz CT molecular complexity index is 1130. The number of para-hydroxylation sites is 1. The van der Waals surface area contributed by atoms with Gasteiger partial charge in [0.15, 0.2) is 0 Å². The molecule has 0 atom stereocenters. The molecule has 3 aromatic rings. The standard InChI is InChI=1S/C18H10Cl2N4O3/c19-9-5-12(17(25)14(20)6-9)15-7-11(13(8-21)18(22)23-15)10-3-1-2-4-16(10)24(26)27/h1-7,25H,(H2,22,23). The van der Waals surface area contributed by atoms with E-state index in [-0.39, 0.29) is 55.2 Å². The lowest BCUT2D eigenvalue weighted by Crippen LogP contribution is -2.01. The first-order chi connectivity index (χ1) is 12.8. The Balaban J connectivity index is 2.35. The van der Waals surface area contributed by atoms with E-state index in [0.29, 0.717) is 0 Å². The Morgan fingerprint density at radius 3 is 2.52 bits per heavy atom. The predicted molar refractivity (Wildman–Crippen MR) is 103 cm³/mol. The van der Waals surface area contributed by atoms with E-state index in [1.807, 2.05) is 6.07 Å². The highest BCUT2D eigenvalue weighted by molar-refractivity contribution is 6.36. The van der Waals surface area contributed by atoms with Crippen molar-refractivity contribution in [2.24, 2.45) is 0 Å². The molecule has 9 heteroatoms. The number of hydrogen-bond acceptors (Lipinski definition) is 6. The van der Waals surface area contributed by atoms with Gasteiger partial charge in [0.2, 0.25) is 0 Å². The molecule has 1 heterocycles. The summed E-state index contributed by atoms with van der Waals surface area (Å²) in [6.45, 7) is 0. The molecule has 0 saturated carbocycles. The van der Waals surface area contributed by atoms with E-state index in [4.69, 9.17) is 28.9 Å². The van der Waals surface area contributed by atoms with Crippen molar-refractivity contribution in [1.82, 2.24) is 4.98 Å². The molecule has 0 spiro atoms.